The fourth-order valence-corrected chi connectivity index (χ4v) is 3.99. The minimum Gasteiger partial charge on any atom is -0.396 e. The van der Waals surface area contributed by atoms with Crippen LogP contribution in [-0.4, -0.2) is 42.7 Å². The summed E-state index contributed by atoms with van der Waals surface area (Å²) >= 11 is 0. The van der Waals surface area contributed by atoms with E-state index in [1.165, 1.54) is 6.07 Å². The zero-order valence-corrected chi connectivity index (χ0v) is 13.5. The van der Waals surface area contributed by atoms with Gasteiger partial charge in [-0.05, 0) is 44.0 Å². The largest absolute Gasteiger partial charge is 0.396 e. The third-order valence-corrected chi connectivity index (χ3v) is 5.27. The molecule has 25 heavy (non-hydrogen) atoms. The van der Waals surface area contributed by atoms with Gasteiger partial charge in [-0.15, -0.1) is 0 Å². The molecule has 0 saturated carbocycles. The Morgan fingerprint density at radius 1 is 1.24 bits per heavy atom. The molecule has 2 unspecified atom stereocenters. The van der Waals surface area contributed by atoms with Crippen LogP contribution in [0.5, 0.6) is 0 Å². The fraction of sp³-hybridized carbons (Fsp3) is 0.647. The van der Waals surface area contributed by atoms with Crippen LogP contribution in [0.3, 0.4) is 0 Å². The number of aliphatic hydroxyl groups is 1. The van der Waals surface area contributed by atoms with Crippen molar-refractivity contribution in [2.24, 2.45) is 5.92 Å². The molecule has 2 N–H and O–H groups in total. The molecule has 0 aliphatic carbocycles. The molecule has 2 heterocycles. The Labute approximate surface area is 142 Å². The second-order valence-electron chi connectivity index (χ2n) is 6.82. The highest BCUT2D eigenvalue weighted by atomic mass is 19.4. The lowest BCUT2D eigenvalue weighted by molar-refractivity contribution is -0.224. The van der Waals surface area contributed by atoms with Crippen LogP contribution in [0.1, 0.15) is 30.7 Å². The summed E-state index contributed by atoms with van der Waals surface area (Å²) in [5.41, 5.74) is -0.774. The Hall–Kier alpha value is -1.25. The molecule has 1 spiro atoms. The number of hydrogen-bond donors (Lipinski definition) is 2. The van der Waals surface area contributed by atoms with Gasteiger partial charge in [0.2, 0.25) is 0 Å². The molecule has 2 fully saturated rings. The van der Waals surface area contributed by atoms with Crippen molar-refractivity contribution in [3.05, 3.63) is 35.4 Å². The number of nitrogens with one attached hydrogen (secondary N) is 1. The van der Waals surface area contributed by atoms with Crippen LogP contribution in [0.15, 0.2) is 18.2 Å². The van der Waals surface area contributed by atoms with Crippen LogP contribution in [0.4, 0.5) is 22.0 Å². The van der Waals surface area contributed by atoms with E-state index in [1.807, 2.05) is 0 Å². The lowest BCUT2D eigenvalue weighted by Crippen LogP contribution is -2.44. The molecule has 8 heteroatoms. The maximum Gasteiger partial charge on any atom is 0.396 e. The van der Waals surface area contributed by atoms with Gasteiger partial charge < -0.3 is 15.2 Å². The first-order valence-electron chi connectivity index (χ1n) is 8.27. The minimum atomic E-state index is -4.67. The normalized spacial score (nSPS) is 27.6. The van der Waals surface area contributed by atoms with Gasteiger partial charge in [-0.25, -0.2) is 8.78 Å². The van der Waals surface area contributed by atoms with Crippen molar-refractivity contribution in [2.45, 2.75) is 43.1 Å². The second-order valence-corrected chi connectivity index (χ2v) is 6.82. The molecule has 3 atom stereocenters. The van der Waals surface area contributed by atoms with Gasteiger partial charge in [-0.3, -0.25) is 0 Å². The van der Waals surface area contributed by atoms with Gasteiger partial charge in [-0.2, -0.15) is 13.2 Å². The van der Waals surface area contributed by atoms with Gasteiger partial charge in [0.25, 0.3) is 0 Å². The number of halogens is 5. The SMILES string of the molecule is OCC([C@@H]1OC2(CCNCC2)CC1c1ccc(F)cc1F)C(F)(F)F. The van der Waals surface area contributed by atoms with Gasteiger partial charge in [0.1, 0.15) is 17.6 Å². The van der Waals surface area contributed by atoms with Crippen LogP contribution in [0.25, 0.3) is 0 Å². The Morgan fingerprint density at radius 3 is 2.48 bits per heavy atom. The van der Waals surface area contributed by atoms with E-state index < -0.39 is 48.0 Å². The predicted molar refractivity (Wildman–Crippen MR) is 80.1 cm³/mol. The number of alkyl halides is 3. The highest BCUT2D eigenvalue weighted by molar-refractivity contribution is 5.27. The summed E-state index contributed by atoms with van der Waals surface area (Å²) in [6.07, 6.45) is -4.83. The summed E-state index contributed by atoms with van der Waals surface area (Å²) in [7, 11) is 0. The highest BCUT2D eigenvalue weighted by Gasteiger charge is 2.56. The summed E-state index contributed by atoms with van der Waals surface area (Å²) in [5.74, 6) is -4.68. The van der Waals surface area contributed by atoms with Crippen molar-refractivity contribution in [1.29, 1.82) is 0 Å². The van der Waals surface area contributed by atoms with E-state index in [-0.39, 0.29) is 12.0 Å². The standard InChI is InChI=1S/C17H20F5NO2/c18-10-1-2-11(14(19)7-10)12-8-16(3-5-23-6-4-16)25-15(12)13(9-24)17(20,21)22/h1-2,7,12-13,15,23-24H,3-6,8-9H2/t12?,13?,15-/m1/s1. The lowest BCUT2D eigenvalue weighted by Gasteiger charge is -2.35. The van der Waals surface area contributed by atoms with Crippen LogP contribution in [-0.2, 0) is 4.74 Å². The predicted octanol–water partition coefficient (Wildman–Crippen LogP) is 3.13. The molecule has 3 rings (SSSR count). The summed E-state index contributed by atoms with van der Waals surface area (Å²) in [6, 6.07) is 2.88. The first-order valence-corrected chi connectivity index (χ1v) is 8.27. The van der Waals surface area contributed by atoms with Gasteiger partial charge in [0, 0.05) is 12.0 Å². The van der Waals surface area contributed by atoms with Crippen molar-refractivity contribution < 1.29 is 31.8 Å². The Balaban J connectivity index is 1.99. The molecule has 0 amide bonds. The third-order valence-electron chi connectivity index (χ3n) is 5.27. The Kier molecular flexibility index (Phi) is 5.05. The molecule has 2 saturated heterocycles. The quantitative estimate of drug-likeness (QED) is 0.809. The molecule has 0 radical (unpaired) electrons. The maximum absolute atomic E-state index is 14.2. The Bertz CT molecular complexity index is 616. The van der Waals surface area contributed by atoms with Crippen LogP contribution < -0.4 is 5.32 Å². The summed E-state index contributed by atoms with van der Waals surface area (Å²) < 4.78 is 73.4. The van der Waals surface area contributed by atoms with Gasteiger partial charge in [0.15, 0.2) is 0 Å². The average Bonchev–Trinajstić information content (AvgIpc) is 2.86. The maximum atomic E-state index is 14.2. The number of aliphatic hydroxyl groups excluding tert-OH is 1. The van der Waals surface area contributed by atoms with Gasteiger partial charge in [-0.1, -0.05) is 6.07 Å². The van der Waals surface area contributed by atoms with E-state index in [4.69, 9.17) is 4.74 Å². The summed E-state index contributed by atoms with van der Waals surface area (Å²) in [5, 5.41) is 12.4. The number of benzene rings is 1. The fourth-order valence-electron chi connectivity index (χ4n) is 3.99. The summed E-state index contributed by atoms with van der Waals surface area (Å²) in [6.45, 7) is 0.0596. The van der Waals surface area contributed by atoms with Crippen molar-refractivity contribution in [3.8, 4) is 0 Å². The molecular weight excluding hydrogens is 345 g/mol. The molecular formula is C17H20F5NO2. The number of ether oxygens (including phenoxy) is 1. The first kappa shape index (κ1) is 18.5. The van der Waals surface area contributed by atoms with Crippen molar-refractivity contribution in [2.75, 3.05) is 19.7 Å². The third kappa shape index (κ3) is 3.66. The van der Waals surface area contributed by atoms with Gasteiger partial charge >= 0.3 is 6.18 Å². The minimum absolute atomic E-state index is 0.00417. The van der Waals surface area contributed by atoms with Crippen molar-refractivity contribution in [1.82, 2.24) is 5.32 Å². The number of piperidine rings is 1. The molecule has 1 aromatic carbocycles. The zero-order chi connectivity index (χ0) is 18.2. The average molecular weight is 365 g/mol. The highest BCUT2D eigenvalue weighted by Crippen LogP contribution is 2.51. The monoisotopic (exact) mass is 365 g/mol. The number of rotatable bonds is 3. The number of hydrogen-bond acceptors (Lipinski definition) is 3. The molecule has 2 aliphatic heterocycles. The van der Waals surface area contributed by atoms with Crippen molar-refractivity contribution >= 4 is 0 Å². The van der Waals surface area contributed by atoms with E-state index >= 15 is 0 Å². The van der Waals surface area contributed by atoms with Crippen LogP contribution in [0.2, 0.25) is 0 Å². The van der Waals surface area contributed by atoms with E-state index in [2.05, 4.69) is 5.32 Å². The summed E-state index contributed by atoms with van der Waals surface area (Å²) in [4.78, 5) is 0. The van der Waals surface area contributed by atoms with Gasteiger partial charge in [0.05, 0.1) is 18.3 Å². The van der Waals surface area contributed by atoms with E-state index in [1.54, 1.807) is 0 Å². The zero-order valence-electron chi connectivity index (χ0n) is 13.5. The molecule has 0 aromatic heterocycles. The van der Waals surface area contributed by atoms with Crippen molar-refractivity contribution in [3.63, 3.8) is 0 Å². The van der Waals surface area contributed by atoms with E-state index in [0.29, 0.717) is 32.0 Å². The van der Waals surface area contributed by atoms with Crippen LogP contribution >= 0.6 is 0 Å². The molecule has 140 valence electrons. The van der Waals surface area contributed by atoms with E-state index in [9.17, 15) is 27.1 Å². The molecule has 1 aromatic rings. The smallest absolute Gasteiger partial charge is 0.396 e. The molecule has 0 bridgehead atoms. The first-order chi connectivity index (χ1) is 11.8. The Morgan fingerprint density at radius 2 is 1.92 bits per heavy atom. The second kappa shape index (κ2) is 6.81. The van der Waals surface area contributed by atoms with Crippen LogP contribution in [0, 0.1) is 17.6 Å². The molecule has 3 nitrogen and oxygen atoms in total. The van der Waals surface area contributed by atoms with E-state index in [0.717, 1.165) is 6.07 Å². The molecule has 2 aliphatic rings. The topological polar surface area (TPSA) is 41.5 Å². The lowest BCUT2D eigenvalue weighted by atomic mass is 9.79.